The number of rotatable bonds is 7. The molecule has 0 fully saturated rings. The largest absolute Gasteiger partial charge is 0.485 e. The van der Waals surface area contributed by atoms with Crippen molar-refractivity contribution >= 4 is 39.3 Å². The number of nitrogens with one attached hydrogen (secondary N) is 1. The molecule has 2 aromatic carbocycles. The van der Waals surface area contributed by atoms with Gasteiger partial charge in [0.05, 0.1) is 11.0 Å². The smallest absolute Gasteiger partial charge is 0.292 e. The topological polar surface area (TPSA) is 69.3 Å². The van der Waals surface area contributed by atoms with Gasteiger partial charge in [-0.1, -0.05) is 23.7 Å². The van der Waals surface area contributed by atoms with Gasteiger partial charge in [-0.3, -0.25) is 9.48 Å². The average molecular weight is 519 g/mol. The van der Waals surface area contributed by atoms with Crippen molar-refractivity contribution in [3.63, 3.8) is 0 Å². The van der Waals surface area contributed by atoms with E-state index >= 15 is 0 Å². The van der Waals surface area contributed by atoms with E-state index in [1.54, 1.807) is 47.3 Å². The van der Waals surface area contributed by atoms with Crippen molar-refractivity contribution in [2.24, 2.45) is 0 Å². The van der Waals surface area contributed by atoms with Crippen molar-refractivity contribution in [3.05, 3.63) is 98.8 Å². The molecule has 2 heterocycles. The fourth-order valence-electron chi connectivity index (χ4n) is 3.01. The van der Waals surface area contributed by atoms with E-state index in [4.69, 9.17) is 20.8 Å². The molecule has 0 saturated heterocycles. The first-order valence-electron chi connectivity index (χ1n) is 9.64. The number of amides is 1. The maximum absolute atomic E-state index is 13.1. The van der Waals surface area contributed by atoms with E-state index in [-0.39, 0.29) is 18.2 Å². The molecule has 4 aromatic rings. The number of aromatic nitrogens is 2. The van der Waals surface area contributed by atoms with Crippen LogP contribution in [-0.2, 0) is 13.2 Å². The fraction of sp³-hybridized carbons (Fsp3) is 0.130. The van der Waals surface area contributed by atoms with Gasteiger partial charge in [-0.15, -0.1) is 0 Å². The third-order valence-corrected chi connectivity index (χ3v) is 5.41. The van der Waals surface area contributed by atoms with E-state index in [2.05, 4.69) is 26.3 Å². The summed E-state index contributed by atoms with van der Waals surface area (Å²) in [6, 6.07) is 14.7. The Kier molecular flexibility index (Phi) is 6.62. The maximum Gasteiger partial charge on any atom is 0.292 e. The summed E-state index contributed by atoms with van der Waals surface area (Å²) in [5, 5.41) is 7.71. The number of halogens is 3. The van der Waals surface area contributed by atoms with E-state index in [1.165, 1.54) is 12.1 Å². The summed E-state index contributed by atoms with van der Waals surface area (Å²) < 4.78 is 26.7. The molecule has 164 valence electrons. The predicted octanol–water partition coefficient (Wildman–Crippen LogP) is 6.22. The Morgan fingerprint density at radius 2 is 2.00 bits per heavy atom. The summed E-state index contributed by atoms with van der Waals surface area (Å²) in [4.78, 5) is 12.6. The van der Waals surface area contributed by atoms with E-state index in [1.807, 2.05) is 13.0 Å². The number of furan rings is 1. The van der Waals surface area contributed by atoms with Crippen LogP contribution in [0.3, 0.4) is 0 Å². The zero-order chi connectivity index (χ0) is 22.7. The summed E-state index contributed by atoms with van der Waals surface area (Å²) >= 11 is 9.35. The number of carbonyl (C=O) groups excluding carboxylic acids is 1. The molecule has 1 N–H and O–H groups in total. The molecule has 6 nitrogen and oxygen atoms in total. The van der Waals surface area contributed by atoms with Gasteiger partial charge >= 0.3 is 0 Å². The first kappa shape index (κ1) is 22.1. The van der Waals surface area contributed by atoms with Crippen LogP contribution >= 0.6 is 27.5 Å². The van der Waals surface area contributed by atoms with E-state index in [0.717, 1.165) is 11.1 Å². The van der Waals surface area contributed by atoms with E-state index in [9.17, 15) is 9.18 Å². The molecule has 0 aliphatic heterocycles. The Hall–Kier alpha value is -3.10. The molecule has 4 rings (SSSR count). The number of carbonyl (C=O) groups is 1. The lowest BCUT2D eigenvalue weighted by molar-refractivity contribution is 0.0992. The van der Waals surface area contributed by atoms with Gasteiger partial charge in [-0.25, -0.2) is 4.39 Å². The van der Waals surface area contributed by atoms with Crippen molar-refractivity contribution in [3.8, 4) is 5.75 Å². The first-order chi connectivity index (χ1) is 15.4. The van der Waals surface area contributed by atoms with Gasteiger partial charge < -0.3 is 14.5 Å². The van der Waals surface area contributed by atoms with Gasteiger partial charge in [0.15, 0.2) is 11.6 Å². The fourth-order valence-corrected chi connectivity index (χ4v) is 3.65. The molecule has 32 heavy (non-hydrogen) atoms. The minimum absolute atomic E-state index is 0.136. The molecule has 0 aliphatic rings. The van der Waals surface area contributed by atoms with Crippen molar-refractivity contribution in [2.75, 3.05) is 5.32 Å². The number of benzene rings is 2. The van der Waals surface area contributed by atoms with Crippen LogP contribution in [0.4, 0.5) is 10.2 Å². The SMILES string of the molecule is Cc1cc(Cl)ccc1OCc1ccc(C(=O)Nc2nn(Cc3ccc(F)cc3)cc2Br)o1. The van der Waals surface area contributed by atoms with Gasteiger partial charge in [-0.2, -0.15) is 5.10 Å². The normalized spacial score (nSPS) is 10.9. The molecule has 0 radical (unpaired) electrons. The van der Waals surface area contributed by atoms with Crippen molar-refractivity contribution in [2.45, 2.75) is 20.1 Å². The van der Waals surface area contributed by atoms with Crippen LogP contribution in [0.15, 0.2) is 69.7 Å². The quantitative estimate of drug-likeness (QED) is 0.315. The second kappa shape index (κ2) is 9.58. The standard InChI is InChI=1S/C23H18BrClFN3O3/c1-14-10-16(25)4-8-20(14)31-13-18-7-9-21(32-18)23(30)27-22-19(24)12-29(28-22)11-15-2-5-17(26)6-3-15/h2-10,12H,11,13H2,1H3,(H,27,28,30). The number of hydrogen-bond donors (Lipinski definition) is 1. The molecular weight excluding hydrogens is 501 g/mol. The van der Waals surface area contributed by atoms with Crippen LogP contribution in [0.1, 0.15) is 27.4 Å². The maximum atomic E-state index is 13.1. The van der Waals surface area contributed by atoms with Gasteiger partial charge in [-0.05, 0) is 76.4 Å². The van der Waals surface area contributed by atoms with Gasteiger partial charge in [0, 0.05) is 11.2 Å². The number of ether oxygens (including phenoxy) is 1. The number of aryl methyl sites for hydroxylation is 1. The second-order valence-corrected chi connectivity index (χ2v) is 8.36. The molecule has 0 bridgehead atoms. The van der Waals surface area contributed by atoms with Crippen molar-refractivity contribution < 1.29 is 18.3 Å². The van der Waals surface area contributed by atoms with Crippen LogP contribution in [-0.4, -0.2) is 15.7 Å². The second-order valence-electron chi connectivity index (χ2n) is 7.07. The highest BCUT2D eigenvalue weighted by Crippen LogP contribution is 2.24. The van der Waals surface area contributed by atoms with Crippen molar-refractivity contribution in [1.82, 2.24) is 9.78 Å². The Balaban J connectivity index is 1.37. The zero-order valence-corrected chi connectivity index (χ0v) is 19.3. The minimum atomic E-state index is -0.438. The molecule has 1 amide bonds. The van der Waals surface area contributed by atoms with Gasteiger partial charge in [0.1, 0.15) is 23.9 Å². The highest BCUT2D eigenvalue weighted by atomic mass is 79.9. The van der Waals surface area contributed by atoms with Crippen LogP contribution < -0.4 is 10.1 Å². The van der Waals surface area contributed by atoms with Crippen LogP contribution in [0.5, 0.6) is 5.75 Å². The Morgan fingerprint density at radius 3 is 2.75 bits per heavy atom. The summed E-state index contributed by atoms with van der Waals surface area (Å²) in [5.41, 5.74) is 1.79. The Bertz CT molecular complexity index is 1250. The Labute approximate surface area is 197 Å². The summed E-state index contributed by atoms with van der Waals surface area (Å²) in [6.45, 7) is 2.50. The monoisotopic (exact) mass is 517 g/mol. The van der Waals surface area contributed by atoms with Crippen molar-refractivity contribution in [1.29, 1.82) is 0 Å². The lowest BCUT2D eigenvalue weighted by atomic mass is 10.2. The third kappa shape index (κ3) is 5.38. The van der Waals surface area contributed by atoms with Gasteiger partial charge in [0.25, 0.3) is 5.91 Å². The highest BCUT2D eigenvalue weighted by Gasteiger charge is 2.16. The molecule has 0 spiro atoms. The summed E-state index contributed by atoms with van der Waals surface area (Å²) in [6.07, 6.45) is 1.73. The molecule has 2 aromatic heterocycles. The highest BCUT2D eigenvalue weighted by molar-refractivity contribution is 9.10. The van der Waals surface area contributed by atoms with Crippen LogP contribution in [0, 0.1) is 12.7 Å². The van der Waals surface area contributed by atoms with Gasteiger partial charge in [0.2, 0.25) is 0 Å². The minimum Gasteiger partial charge on any atom is -0.485 e. The first-order valence-corrected chi connectivity index (χ1v) is 10.8. The van der Waals surface area contributed by atoms with Crippen LogP contribution in [0.25, 0.3) is 0 Å². The number of hydrogen-bond acceptors (Lipinski definition) is 4. The molecule has 9 heteroatoms. The molecular formula is C23H18BrClFN3O3. The molecule has 0 saturated carbocycles. The third-order valence-electron chi connectivity index (χ3n) is 4.60. The molecule has 0 atom stereocenters. The average Bonchev–Trinajstić information content (AvgIpc) is 3.36. The number of anilines is 1. The molecule has 0 unspecified atom stereocenters. The zero-order valence-electron chi connectivity index (χ0n) is 16.9. The lowest BCUT2D eigenvalue weighted by Crippen LogP contribution is -2.12. The summed E-state index contributed by atoms with van der Waals surface area (Å²) in [5.74, 6) is 0.943. The lowest BCUT2D eigenvalue weighted by Gasteiger charge is -2.07. The predicted molar refractivity (Wildman–Crippen MR) is 123 cm³/mol. The van der Waals surface area contributed by atoms with E-state index in [0.29, 0.717) is 33.4 Å². The Morgan fingerprint density at radius 1 is 1.22 bits per heavy atom. The number of nitrogens with zero attached hydrogens (tertiary/aromatic N) is 2. The van der Waals surface area contributed by atoms with E-state index < -0.39 is 5.91 Å². The van der Waals surface area contributed by atoms with Crippen LogP contribution in [0.2, 0.25) is 5.02 Å². The summed E-state index contributed by atoms with van der Waals surface area (Å²) in [7, 11) is 0. The molecule has 0 aliphatic carbocycles.